The summed E-state index contributed by atoms with van der Waals surface area (Å²) in [4.78, 5) is 11.3. The molecule has 8 nitrogen and oxygen atoms in total. The molecule has 4 rings (SSSR count). The molecule has 1 aliphatic rings. The van der Waals surface area contributed by atoms with Crippen LogP contribution >= 0.6 is 0 Å². The summed E-state index contributed by atoms with van der Waals surface area (Å²) < 4.78 is 7.22. The maximum Gasteiger partial charge on any atom is 0.335 e. The second-order valence-corrected chi connectivity index (χ2v) is 6.59. The number of rotatable bonds is 3. The Kier molecular flexibility index (Phi) is 4.20. The van der Waals surface area contributed by atoms with Crippen molar-refractivity contribution < 1.29 is 19.7 Å². The number of aromatic hydroxyl groups is 1. The highest BCUT2D eigenvalue weighted by atomic mass is 16.5. The van der Waals surface area contributed by atoms with Gasteiger partial charge in [-0.25, -0.2) is 9.48 Å². The molecule has 1 unspecified atom stereocenters. The second-order valence-electron chi connectivity index (χ2n) is 6.59. The zero-order chi connectivity index (χ0) is 20.7. The van der Waals surface area contributed by atoms with E-state index in [1.807, 2.05) is 0 Å². The number of aromatic carboxylic acids is 1. The molecule has 1 aliphatic heterocycles. The van der Waals surface area contributed by atoms with E-state index in [4.69, 9.17) is 10.5 Å². The number of aryl methyl sites for hydroxylation is 1. The second kappa shape index (κ2) is 6.73. The third-order valence-electron chi connectivity index (χ3n) is 4.77. The molecule has 0 aliphatic carbocycles. The van der Waals surface area contributed by atoms with Crippen LogP contribution < -0.4 is 10.5 Å². The lowest BCUT2D eigenvalue weighted by molar-refractivity contribution is 0.0697. The molecule has 0 amide bonds. The van der Waals surface area contributed by atoms with Gasteiger partial charge in [-0.05, 0) is 42.8 Å². The third-order valence-corrected chi connectivity index (χ3v) is 4.77. The van der Waals surface area contributed by atoms with Gasteiger partial charge in [-0.15, -0.1) is 0 Å². The fourth-order valence-corrected chi connectivity index (χ4v) is 3.50. The van der Waals surface area contributed by atoms with Crippen LogP contribution in [0.5, 0.6) is 11.6 Å². The Morgan fingerprint density at radius 2 is 2.03 bits per heavy atom. The van der Waals surface area contributed by atoms with Crippen molar-refractivity contribution in [2.24, 2.45) is 5.73 Å². The Balaban J connectivity index is 1.95. The summed E-state index contributed by atoms with van der Waals surface area (Å²) >= 11 is 0. The molecule has 0 bridgehead atoms. The largest absolute Gasteiger partial charge is 0.508 e. The minimum Gasteiger partial charge on any atom is -0.508 e. The van der Waals surface area contributed by atoms with Crippen LogP contribution in [0.3, 0.4) is 0 Å². The van der Waals surface area contributed by atoms with Gasteiger partial charge in [-0.2, -0.15) is 10.4 Å². The van der Waals surface area contributed by atoms with Crippen molar-refractivity contribution in [2.45, 2.75) is 12.8 Å². The summed E-state index contributed by atoms with van der Waals surface area (Å²) in [5.41, 5.74) is 8.72. The number of nitrogens with two attached hydrogens (primary N) is 1. The van der Waals surface area contributed by atoms with Crippen molar-refractivity contribution in [3.63, 3.8) is 0 Å². The van der Waals surface area contributed by atoms with Gasteiger partial charge in [0.2, 0.25) is 11.8 Å². The van der Waals surface area contributed by atoms with Gasteiger partial charge in [-0.3, -0.25) is 0 Å². The van der Waals surface area contributed by atoms with E-state index in [1.54, 1.807) is 37.3 Å². The molecule has 2 aromatic carbocycles. The van der Waals surface area contributed by atoms with Gasteiger partial charge >= 0.3 is 5.97 Å². The number of carbonyl (C=O) groups is 1. The standard InChI is InChI=1S/C21H16N4O4/c1-11-17-18(12-4-3-7-15(26)9-12)16(10-22)19(23)29-20(17)25(24-11)14-6-2-5-13(8-14)21(27)28/h2-9,18,26H,23H2,1H3,(H,27,28). The van der Waals surface area contributed by atoms with Crippen LogP contribution in [0, 0.1) is 18.3 Å². The van der Waals surface area contributed by atoms with Crippen molar-refractivity contribution >= 4 is 5.97 Å². The van der Waals surface area contributed by atoms with Gasteiger partial charge in [0.15, 0.2) is 0 Å². The molecule has 4 N–H and O–H groups in total. The Morgan fingerprint density at radius 3 is 2.72 bits per heavy atom. The number of hydrogen-bond donors (Lipinski definition) is 3. The summed E-state index contributed by atoms with van der Waals surface area (Å²) in [7, 11) is 0. The van der Waals surface area contributed by atoms with Crippen molar-refractivity contribution in [3.05, 3.63) is 82.4 Å². The summed E-state index contributed by atoms with van der Waals surface area (Å²) in [5, 5.41) is 33.4. The van der Waals surface area contributed by atoms with Crippen LogP contribution in [0.1, 0.15) is 33.1 Å². The molecular weight excluding hydrogens is 372 g/mol. The average molecular weight is 388 g/mol. The molecule has 0 radical (unpaired) electrons. The summed E-state index contributed by atoms with van der Waals surface area (Å²) in [6, 6.07) is 14.9. The van der Waals surface area contributed by atoms with Gasteiger partial charge < -0.3 is 20.7 Å². The normalized spacial score (nSPS) is 15.4. The third kappa shape index (κ3) is 2.95. The van der Waals surface area contributed by atoms with Crippen molar-refractivity contribution in [1.82, 2.24) is 9.78 Å². The van der Waals surface area contributed by atoms with E-state index >= 15 is 0 Å². The van der Waals surface area contributed by atoms with Crippen molar-refractivity contribution in [3.8, 4) is 23.4 Å². The summed E-state index contributed by atoms with van der Waals surface area (Å²) in [5.74, 6) is -1.34. The van der Waals surface area contributed by atoms with Crippen LogP contribution in [0.4, 0.5) is 0 Å². The number of benzene rings is 2. The first-order valence-corrected chi connectivity index (χ1v) is 8.70. The highest BCUT2D eigenvalue weighted by Crippen LogP contribution is 2.45. The highest BCUT2D eigenvalue weighted by molar-refractivity contribution is 5.88. The van der Waals surface area contributed by atoms with Gasteiger partial charge in [0.25, 0.3) is 0 Å². The van der Waals surface area contributed by atoms with Gasteiger partial charge in [0.1, 0.15) is 17.4 Å². The van der Waals surface area contributed by atoms with Gasteiger partial charge in [0.05, 0.1) is 28.4 Å². The molecule has 2 heterocycles. The number of fused-ring (bicyclic) bond motifs is 1. The number of carboxylic acid groups (broad SMARTS) is 1. The smallest absolute Gasteiger partial charge is 0.335 e. The van der Waals surface area contributed by atoms with E-state index in [2.05, 4.69) is 11.2 Å². The van der Waals surface area contributed by atoms with Crippen LogP contribution in [0.25, 0.3) is 5.69 Å². The fourth-order valence-electron chi connectivity index (χ4n) is 3.50. The van der Waals surface area contributed by atoms with Gasteiger partial charge in [-0.1, -0.05) is 18.2 Å². The molecule has 0 saturated heterocycles. The molecule has 29 heavy (non-hydrogen) atoms. The molecule has 1 atom stereocenters. The topological polar surface area (TPSA) is 134 Å². The van der Waals surface area contributed by atoms with Gasteiger partial charge in [0, 0.05) is 0 Å². The number of allylic oxidation sites excluding steroid dienone is 1. The van der Waals surface area contributed by atoms with E-state index < -0.39 is 11.9 Å². The molecule has 8 heteroatoms. The van der Waals surface area contributed by atoms with Crippen LogP contribution in [0.2, 0.25) is 0 Å². The predicted molar refractivity (Wildman–Crippen MR) is 103 cm³/mol. The summed E-state index contributed by atoms with van der Waals surface area (Å²) in [6.07, 6.45) is 0. The fraction of sp³-hybridized carbons (Fsp3) is 0.0952. The quantitative estimate of drug-likeness (QED) is 0.628. The molecule has 0 spiro atoms. The van der Waals surface area contributed by atoms with E-state index in [1.165, 1.54) is 22.9 Å². The first-order chi connectivity index (χ1) is 13.9. The zero-order valence-corrected chi connectivity index (χ0v) is 15.3. The molecule has 1 aromatic heterocycles. The van der Waals surface area contributed by atoms with Crippen LogP contribution in [-0.4, -0.2) is 26.0 Å². The Labute approximate surface area is 165 Å². The molecule has 3 aromatic rings. The van der Waals surface area contributed by atoms with E-state index in [0.717, 1.165) is 0 Å². The lowest BCUT2D eigenvalue weighted by Crippen LogP contribution is -2.22. The number of ether oxygens (including phenoxy) is 1. The molecule has 0 saturated carbocycles. The van der Waals surface area contributed by atoms with E-state index in [0.29, 0.717) is 28.4 Å². The lowest BCUT2D eigenvalue weighted by atomic mass is 9.84. The number of hydrogen-bond acceptors (Lipinski definition) is 6. The first-order valence-electron chi connectivity index (χ1n) is 8.70. The number of phenols is 1. The maximum atomic E-state index is 11.3. The molecular formula is C21H16N4O4. The zero-order valence-electron chi connectivity index (χ0n) is 15.3. The molecule has 144 valence electrons. The Morgan fingerprint density at radius 1 is 1.28 bits per heavy atom. The Bertz CT molecular complexity index is 1220. The minimum absolute atomic E-state index is 0.0607. The maximum absolute atomic E-state index is 11.3. The number of nitriles is 1. The van der Waals surface area contributed by atoms with E-state index in [9.17, 15) is 20.3 Å². The summed E-state index contributed by atoms with van der Waals surface area (Å²) in [6.45, 7) is 1.77. The first kappa shape index (κ1) is 18.1. The number of nitrogens with zero attached hydrogens (tertiary/aromatic N) is 3. The average Bonchev–Trinajstić information content (AvgIpc) is 3.03. The Hall–Kier alpha value is -4.25. The van der Waals surface area contributed by atoms with E-state index in [-0.39, 0.29) is 22.8 Å². The predicted octanol–water partition coefficient (Wildman–Crippen LogP) is 2.80. The SMILES string of the molecule is Cc1nn(-c2cccc(C(=O)O)c2)c2c1C(c1cccc(O)c1)C(C#N)=C(N)O2. The number of aromatic nitrogens is 2. The molecule has 0 fully saturated rings. The van der Waals surface area contributed by atoms with Crippen molar-refractivity contribution in [2.75, 3.05) is 0 Å². The van der Waals surface area contributed by atoms with Crippen molar-refractivity contribution in [1.29, 1.82) is 5.26 Å². The highest BCUT2D eigenvalue weighted by Gasteiger charge is 2.36. The lowest BCUT2D eigenvalue weighted by Gasteiger charge is -2.25. The number of phenolic OH excluding ortho intramolecular Hbond substituents is 1. The number of carboxylic acids is 1. The van der Waals surface area contributed by atoms with Crippen LogP contribution in [0.15, 0.2) is 60.0 Å². The minimum atomic E-state index is -1.06. The van der Waals surface area contributed by atoms with Crippen LogP contribution in [-0.2, 0) is 0 Å². The monoisotopic (exact) mass is 388 g/mol.